The lowest BCUT2D eigenvalue weighted by Crippen LogP contribution is -2.37. The second kappa shape index (κ2) is 6.26. The van der Waals surface area contributed by atoms with Gasteiger partial charge in [-0.1, -0.05) is 17.7 Å². The quantitative estimate of drug-likeness (QED) is 0.798. The van der Waals surface area contributed by atoms with Crippen LogP contribution in [0, 0.1) is 6.92 Å². The Bertz CT molecular complexity index is 637. The van der Waals surface area contributed by atoms with E-state index in [1.807, 2.05) is 19.1 Å². The number of anilines is 1. The topological polar surface area (TPSA) is 92.3 Å². The molecule has 1 aromatic rings. The van der Waals surface area contributed by atoms with Gasteiger partial charge in [0.2, 0.25) is 11.8 Å². The van der Waals surface area contributed by atoms with Crippen LogP contribution in [0.2, 0.25) is 0 Å². The van der Waals surface area contributed by atoms with Gasteiger partial charge in [0.15, 0.2) is 9.84 Å². The molecule has 1 fully saturated rings. The molecule has 2 rings (SSSR count). The van der Waals surface area contributed by atoms with Crippen molar-refractivity contribution >= 4 is 27.3 Å². The Labute approximate surface area is 123 Å². The highest BCUT2D eigenvalue weighted by Gasteiger charge is 2.29. The molecular formula is C14H18N2O4S. The van der Waals surface area contributed by atoms with Gasteiger partial charge in [0.1, 0.15) is 6.42 Å². The van der Waals surface area contributed by atoms with Crippen LogP contribution >= 0.6 is 0 Å². The van der Waals surface area contributed by atoms with Gasteiger partial charge in [0.25, 0.3) is 0 Å². The zero-order chi connectivity index (χ0) is 15.5. The van der Waals surface area contributed by atoms with E-state index in [4.69, 9.17) is 0 Å². The first kappa shape index (κ1) is 15.5. The van der Waals surface area contributed by atoms with E-state index in [1.54, 1.807) is 12.1 Å². The van der Waals surface area contributed by atoms with Crippen molar-refractivity contribution < 1.29 is 18.0 Å². The second-order valence-corrected chi connectivity index (χ2v) is 7.49. The van der Waals surface area contributed by atoms with Gasteiger partial charge in [-0.25, -0.2) is 8.42 Å². The van der Waals surface area contributed by atoms with Crippen molar-refractivity contribution in [1.82, 2.24) is 5.32 Å². The molecule has 0 aliphatic carbocycles. The van der Waals surface area contributed by atoms with Crippen molar-refractivity contribution in [3.8, 4) is 0 Å². The maximum Gasteiger partial charge on any atom is 0.233 e. The van der Waals surface area contributed by atoms with Crippen molar-refractivity contribution in [3.05, 3.63) is 29.8 Å². The van der Waals surface area contributed by atoms with Crippen molar-refractivity contribution in [2.75, 3.05) is 16.8 Å². The van der Waals surface area contributed by atoms with Crippen LogP contribution in [0.5, 0.6) is 0 Å². The number of amides is 2. The largest absolute Gasteiger partial charge is 0.352 e. The molecule has 0 spiro atoms. The number of sulfone groups is 1. The molecule has 1 saturated heterocycles. The normalized spacial score (nSPS) is 20.0. The van der Waals surface area contributed by atoms with E-state index < -0.39 is 21.7 Å². The van der Waals surface area contributed by atoms with Crippen LogP contribution in [0.15, 0.2) is 24.3 Å². The second-order valence-electron chi connectivity index (χ2n) is 5.26. The third-order valence-corrected chi connectivity index (χ3v) is 5.02. The van der Waals surface area contributed by atoms with Gasteiger partial charge < -0.3 is 10.6 Å². The van der Waals surface area contributed by atoms with Crippen LogP contribution in [-0.4, -0.2) is 37.8 Å². The van der Waals surface area contributed by atoms with E-state index >= 15 is 0 Å². The molecule has 1 heterocycles. The van der Waals surface area contributed by atoms with Gasteiger partial charge in [-0.05, 0) is 25.5 Å². The molecule has 2 N–H and O–H groups in total. The Morgan fingerprint density at radius 3 is 2.43 bits per heavy atom. The van der Waals surface area contributed by atoms with E-state index in [-0.39, 0.29) is 24.0 Å². The lowest BCUT2D eigenvalue weighted by atomic mass is 10.2. The van der Waals surface area contributed by atoms with Crippen LogP contribution in [0.25, 0.3) is 0 Å². The van der Waals surface area contributed by atoms with Crippen LogP contribution in [0.3, 0.4) is 0 Å². The molecule has 1 aliphatic heterocycles. The SMILES string of the molecule is Cc1ccc(NC(=O)CC(=O)NC2CCS(=O)(=O)C2)cc1. The fraction of sp³-hybridized carbons (Fsp3) is 0.429. The molecule has 2 amide bonds. The zero-order valence-corrected chi connectivity index (χ0v) is 12.6. The highest BCUT2D eigenvalue weighted by atomic mass is 32.2. The Morgan fingerprint density at radius 1 is 1.19 bits per heavy atom. The van der Waals surface area contributed by atoms with E-state index in [9.17, 15) is 18.0 Å². The first-order valence-electron chi connectivity index (χ1n) is 6.70. The third kappa shape index (κ3) is 4.86. The molecule has 6 nitrogen and oxygen atoms in total. The minimum absolute atomic E-state index is 0.0433. The standard InChI is InChI=1S/C14H18N2O4S/c1-10-2-4-11(5-3-10)15-13(17)8-14(18)16-12-6-7-21(19,20)9-12/h2-5,12H,6-9H2,1H3,(H,15,17)(H,16,18). The first-order chi connectivity index (χ1) is 9.84. The predicted octanol–water partition coefficient (Wildman–Crippen LogP) is 0.627. The third-order valence-electron chi connectivity index (χ3n) is 3.25. The Hall–Kier alpha value is -1.89. The summed E-state index contributed by atoms with van der Waals surface area (Å²) in [5.41, 5.74) is 1.70. The Balaban J connectivity index is 1.80. The van der Waals surface area contributed by atoms with Crippen molar-refractivity contribution in [1.29, 1.82) is 0 Å². The van der Waals surface area contributed by atoms with Crippen molar-refractivity contribution in [3.63, 3.8) is 0 Å². The number of benzene rings is 1. The van der Waals surface area contributed by atoms with Gasteiger partial charge >= 0.3 is 0 Å². The molecule has 21 heavy (non-hydrogen) atoms. The first-order valence-corrected chi connectivity index (χ1v) is 8.52. The van der Waals surface area contributed by atoms with Gasteiger partial charge in [0.05, 0.1) is 11.5 Å². The van der Waals surface area contributed by atoms with E-state index in [2.05, 4.69) is 10.6 Å². The molecule has 0 bridgehead atoms. The molecule has 1 unspecified atom stereocenters. The van der Waals surface area contributed by atoms with E-state index in [1.165, 1.54) is 0 Å². The zero-order valence-electron chi connectivity index (χ0n) is 11.8. The average molecular weight is 310 g/mol. The van der Waals surface area contributed by atoms with Gasteiger partial charge in [0, 0.05) is 11.7 Å². The molecule has 1 atom stereocenters. The van der Waals surface area contributed by atoms with E-state index in [0.29, 0.717) is 12.1 Å². The number of hydrogen-bond acceptors (Lipinski definition) is 4. The van der Waals surface area contributed by atoms with Crippen LogP contribution in [0.1, 0.15) is 18.4 Å². The van der Waals surface area contributed by atoms with E-state index in [0.717, 1.165) is 5.56 Å². The lowest BCUT2D eigenvalue weighted by Gasteiger charge is -2.11. The Morgan fingerprint density at radius 2 is 1.86 bits per heavy atom. The highest BCUT2D eigenvalue weighted by molar-refractivity contribution is 7.91. The molecule has 0 saturated carbocycles. The van der Waals surface area contributed by atoms with Gasteiger partial charge in [-0.2, -0.15) is 0 Å². The monoisotopic (exact) mass is 310 g/mol. The van der Waals surface area contributed by atoms with Crippen LogP contribution in [0.4, 0.5) is 5.69 Å². The lowest BCUT2D eigenvalue weighted by molar-refractivity contribution is -0.127. The van der Waals surface area contributed by atoms with Gasteiger partial charge in [-0.3, -0.25) is 9.59 Å². The summed E-state index contributed by atoms with van der Waals surface area (Å²) in [5, 5.41) is 5.20. The highest BCUT2D eigenvalue weighted by Crippen LogP contribution is 2.12. The molecule has 0 aromatic heterocycles. The number of rotatable bonds is 4. The number of hydrogen-bond donors (Lipinski definition) is 2. The molecule has 1 aromatic carbocycles. The molecule has 1 aliphatic rings. The predicted molar refractivity (Wildman–Crippen MR) is 79.6 cm³/mol. The number of aryl methyl sites for hydroxylation is 1. The summed E-state index contributed by atoms with van der Waals surface area (Å²) < 4.78 is 22.6. The summed E-state index contributed by atoms with van der Waals surface area (Å²) in [5.74, 6) is -0.829. The molecule has 0 radical (unpaired) electrons. The summed E-state index contributed by atoms with van der Waals surface area (Å²) in [6, 6.07) is 6.86. The molecule has 7 heteroatoms. The number of carbonyl (C=O) groups is 2. The summed E-state index contributed by atoms with van der Waals surface area (Å²) in [4.78, 5) is 23.4. The van der Waals surface area contributed by atoms with Crippen molar-refractivity contribution in [2.45, 2.75) is 25.8 Å². The fourth-order valence-corrected chi connectivity index (χ4v) is 3.85. The smallest absolute Gasteiger partial charge is 0.233 e. The summed E-state index contributed by atoms with van der Waals surface area (Å²) in [6.45, 7) is 1.94. The Kier molecular flexibility index (Phi) is 4.62. The van der Waals surface area contributed by atoms with Gasteiger partial charge in [-0.15, -0.1) is 0 Å². The van der Waals surface area contributed by atoms with Crippen LogP contribution < -0.4 is 10.6 Å². The minimum atomic E-state index is -3.04. The molecular weight excluding hydrogens is 292 g/mol. The van der Waals surface area contributed by atoms with Crippen molar-refractivity contribution in [2.24, 2.45) is 0 Å². The maximum atomic E-state index is 11.7. The minimum Gasteiger partial charge on any atom is -0.352 e. The number of carbonyl (C=O) groups excluding carboxylic acids is 2. The van der Waals surface area contributed by atoms with Crippen LogP contribution in [-0.2, 0) is 19.4 Å². The summed E-state index contributed by atoms with van der Waals surface area (Å²) >= 11 is 0. The average Bonchev–Trinajstić information content (AvgIpc) is 2.71. The molecule has 114 valence electrons. The summed E-state index contributed by atoms with van der Waals surface area (Å²) in [6.07, 6.45) is 0.0953. The number of nitrogens with one attached hydrogen (secondary N) is 2. The summed E-state index contributed by atoms with van der Waals surface area (Å²) in [7, 11) is -3.04. The fourth-order valence-electron chi connectivity index (χ4n) is 2.18. The maximum absolute atomic E-state index is 11.7.